The number of amides is 2. The van der Waals surface area contributed by atoms with E-state index in [0.717, 1.165) is 0 Å². The number of carbonyl (C=O) groups excluding carboxylic acids is 2. The fourth-order valence-electron chi connectivity index (χ4n) is 3.89. The second-order valence-corrected chi connectivity index (χ2v) is 9.75. The molecule has 2 N–H and O–H groups in total. The summed E-state index contributed by atoms with van der Waals surface area (Å²) in [4.78, 5) is 26.4. The van der Waals surface area contributed by atoms with Gasteiger partial charge in [0.05, 0.1) is 6.54 Å². The van der Waals surface area contributed by atoms with Gasteiger partial charge < -0.3 is 10.6 Å². The van der Waals surface area contributed by atoms with Gasteiger partial charge in [-0.1, -0.05) is 23.2 Å². The molecule has 1 heterocycles. The van der Waals surface area contributed by atoms with Crippen LogP contribution < -0.4 is 10.6 Å². The Bertz CT molecular complexity index is 763. The highest BCUT2D eigenvalue weighted by Gasteiger charge is 2.61. The van der Waals surface area contributed by atoms with Crippen molar-refractivity contribution in [2.75, 3.05) is 19.6 Å². The topological polar surface area (TPSA) is 61.4 Å². The van der Waals surface area contributed by atoms with Crippen LogP contribution in [-0.2, 0) is 4.79 Å². The molecule has 2 aliphatic rings. The molecule has 5 nitrogen and oxygen atoms in total. The van der Waals surface area contributed by atoms with E-state index < -0.39 is 11.6 Å². The number of rotatable bonds is 4. The lowest BCUT2D eigenvalue weighted by atomic mass is 9.90. The number of alkyl halides is 1. The molecule has 3 unspecified atom stereocenters. The zero-order chi connectivity index (χ0) is 20.7. The first kappa shape index (κ1) is 21.3. The summed E-state index contributed by atoms with van der Waals surface area (Å²) >= 11 is 11.9. The van der Waals surface area contributed by atoms with Gasteiger partial charge in [0, 0.05) is 39.1 Å². The van der Waals surface area contributed by atoms with Crippen LogP contribution >= 0.6 is 23.2 Å². The summed E-state index contributed by atoms with van der Waals surface area (Å²) in [6.45, 7) is 6.77. The minimum atomic E-state index is -1.09. The molecule has 2 fully saturated rings. The predicted octanol–water partition coefficient (Wildman–Crippen LogP) is 3.44. The third kappa shape index (κ3) is 4.97. The lowest BCUT2D eigenvalue weighted by molar-refractivity contribution is -0.124. The largest absolute Gasteiger partial charge is 0.350 e. The normalized spacial score (nSPS) is 27.5. The Morgan fingerprint density at radius 1 is 1.25 bits per heavy atom. The van der Waals surface area contributed by atoms with E-state index in [0.29, 0.717) is 35.0 Å². The van der Waals surface area contributed by atoms with Gasteiger partial charge in [0.25, 0.3) is 5.91 Å². The molecule has 1 aromatic rings. The standard InChI is InChI=1S/C20H26Cl2FN3O2/c1-19(2,3)25-17(27)11-26-5-4-20(15(23)10-26)9-16(20)24-18(28)12-6-13(21)8-14(22)7-12/h6-8,15-16H,4-5,9-11H2,1-3H3,(H,24,28)(H,25,27). The van der Waals surface area contributed by atoms with E-state index in [9.17, 15) is 14.0 Å². The Morgan fingerprint density at radius 2 is 1.89 bits per heavy atom. The van der Waals surface area contributed by atoms with Crippen LogP contribution in [-0.4, -0.2) is 54.1 Å². The maximum atomic E-state index is 14.9. The summed E-state index contributed by atoms with van der Waals surface area (Å²) in [5.74, 6) is -0.403. The molecule has 3 rings (SSSR count). The van der Waals surface area contributed by atoms with E-state index in [1.165, 1.54) is 0 Å². The minimum Gasteiger partial charge on any atom is -0.350 e. The molecule has 0 bridgehead atoms. The number of likely N-dealkylation sites (tertiary alicyclic amines) is 1. The van der Waals surface area contributed by atoms with Crippen molar-refractivity contribution in [3.63, 3.8) is 0 Å². The van der Waals surface area contributed by atoms with Crippen molar-refractivity contribution in [2.45, 2.75) is 51.4 Å². The Kier molecular flexibility index (Phi) is 5.95. The van der Waals surface area contributed by atoms with Crippen molar-refractivity contribution in [1.29, 1.82) is 0 Å². The first-order chi connectivity index (χ1) is 13.0. The zero-order valence-electron chi connectivity index (χ0n) is 16.3. The van der Waals surface area contributed by atoms with Crippen molar-refractivity contribution in [3.8, 4) is 0 Å². The van der Waals surface area contributed by atoms with Gasteiger partial charge in [-0.3, -0.25) is 14.5 Å². The Hall–Kier alpha value is -1.37. The number of nitrogens with one attached hydrogen (secondary N) is 2. The number of carbonyl (C=O) groups is 2. The van der Waals surface area contributed by atoms with Crippen LogP contribution in [0.25, 0.3) is 0 Å². The van der Waals surface area contributed by atoms with E-state index in [1.807, 2.05) is 25.7 Å². The molecule has 154 valence electrons. The minimum absolute atomic E-state index is 0.103. The third-order valence-corrected chi connectivity index (χ3v) is 5.80. The highest BCUT2D eigenvalue weighted by Crippen LogP contribution is 2.55. The number of nitrogens with zero attached hydrogens (tertiary/aromatic N) is 1. The molecular formula is C20H26Cl2FN3O2. The molecule has 1 aliphatic carbocycles. The number of hydrogen-bond acceptors (Lipinski definition) is 3. The molecule has 1 saturated heterocycles. The highest BCUT2D eigenvalue weighted by atomic mass is 35.5. The summed E-state index contributed by atoms with van der Waals surface area (Å²) in [7, 11) is 0. The smallest absolute Gasteiger partial charge is 0.251 e. The molecule has 0 radical (unpaired) electrons. The summed E-state index contributed by atoms with van der Waals surface area (Å²) < 4.78 is 14.9. The van der Waals surface area contributed by atoms with Gasteiger partial charge in [0.2, 0.25) is 5.91 Å². The summed E-state index contributed by atoms with van der Waals surface area (Å²) in [6, 6.07) is 4.43. The third-order valence-electron chi connectivity index (χ3n) is 5.37. The van der Waals surface area contributed by atoms with E-state index in [-0.39, 0.29) is 36.5 Å². The van der Waals surface area contributed by atoms with Crippen LogP contribution in [0.15, 0.2) is 18.2 Å². The van der Waals surface area contributed by atoms with Gasteiger partial charge in [0.15, 0.2) is 0 Å². The van der Waals surface area contributed by atoms with Gasteiger partial charge in [0.1, 0.15) is 6.17 Å². The molecule has 1 spiro atoms. The summed E-state index contributed by atoms with van der Waals surface area (Å²) in [6.07, 6.45) is 0.131. The molecule has 1 saturated carbocycles. The van der Waals surface area contributed by atoms with Gasteiger partial charge in [-0.25, -0.2) is 4.39 Å². The molecular weight excluding hydrogens is 404 g/mol. The zero-order valence-corrected chi connectivity index (χ0v) is 17.8. The highest BCUT2D eigenvalue weighted by molar-refractivity contribution is 6.35. The van der Waals surface area contributed by atoms with Crippen molar-refractivity contribution < 1.29 is 14.0 Å². The summed E-state index contributed by atoms with van der Waals surface area (Å²) in [5, 5.41) is 6.57. The van der Waals surface area contributed by atoms with Crippen LogP contribution in [0.3, 0.4) is 0 Å². The van der Waals surface area contributed by atoms with Crippen molar-refractivity contribution >= 4 is 35.0 Å². The van der Waals surface area contributed by atoms with E-state index in [1.54, 1.807) is 18.2 Å². The lowest BCUT2D eigenvalue weighted by Gasteiger charge is -2.35. The van der Waals surface area contributed by atoms with Crippen LogP contribution in [0.5, 0.6) is 0 Å². The van der Waals surface area contributed by atoms with E-state index >= 15 is 0 Å². The Balaban J connectivity index is 1.54. The number of benzene rings is 1. The van der Waals surface area contributed by atoms with Crippen LogP contribution in [0.1, 0.15) is 44.0 Å². The van der Waals surface area contributed by atoms with Crippen LogP contribution in [0.2, 0.25) is 10.0 Å². The van der Waals surface area contributed by atoms with Gasteiger partial charge in [-0.05, 0) is 58.4 Å². The SMILES string of the molecule is CC(C)(C)NC(=O)CN1CCC2(CC2NC(=O)c2cc(Cl)cc(Cl)c2)C(F)C1. The quantitative estimate of drug-likeness (QED) is 0.770. The maximum Gasteiger partial charge on any atom is 0.251 e. The first-order valence-electron chi connectivity index (χ1n) is 9.43. The molecule has 1 aliphatic heterocycles. The predicted molar refractivity (Wildman–Crippen MR) is 109 cm³/mol. The first-order valence-corrected chi connectivity index (χ1v) is 10.2. The molecule has 0 aromatic heterocycles. The van der Waals surface area contributed by atoms with E-state index in [4.69, 9.17) is 23.2 Å². The Labute approximate surface area is 174 Å². The molecule has 28 heavy (non-hydrogen) atoms. The monoisotopic (exact) mass is 429 g/mol. The van der Waals surface area contributed by atoms with Crippen LogP contribution in [0, 0.1) is 5.41 Å². The maximum absolute atomic E-state index is 14.9. The fraction of sp³-hybridized carbons (Fsp3) is 0.600. The lowest BCUT2D eigenvalue weighted by Crippen LogP contribution is -2.51. The number of hydrogen-bond donors (Lipinski definition) is 2. The van der Waals surface area contributed by atoms with Crippen molar-refractivity contribution in [2.24, 2.45) is 5.41 Å². The van der Waals surface area contributed by atoms with Crippen LogP contribution in [0.4, 0.5) is 4.39 Å². The van der Waals surface area contributed by atoms with Gasteiger partial charge >= 0.3 is 0 Å². The molecule has 8 heteroatoms. The molecule has 2 amide bonds. The van der Waals surface area contributed by atoms with Gasteiger partial charge in [-0.15, -0.1) is 0 Å². The number of piperidine rings is 1. The summed E-state index contributed by atoms with van der Waals surface area (Å²) in [5.41, 5.74) is -0.473. The number of halogens is 3. The molecule has 3 atom stereocenters. The average Bonchev–Trinajstić information content (AvgIpc) is 3.22. The average molecular weight is 430 g/mol. The second kappa shape index (κ2) is 7.81. The Morgan fingerprint density at radius 3 is 2.46 bits per heavy atom. The fourth-order valence-corrected chi connectivity index (χ4v) is 4.42. The van der Waals surface area contributed by atoms with Crippen molar-refractivity contribution in [1.82, 2.24) is 15.5 Å². The molecule has 1 aromatic carbocycles. The van der Waals surface area contributed by atoms with Gasteiger partial charge in [-0.2, -0.15) is 0 Å². The van der Waals surface area contributed by atoms with E-state index in [2.05, 4.69) is 10.6 Å². The van der Waals surface area contributed by atoms with Crippen molar-refractivity contribution in [3.05, 3.63) is 33.8 Å². The second-order valence-electron chi connectivity index (χ2n) is 8.87.